The Morgan fingerprint density at radius 3 is 2.61 bits per heavy atom. The van der Waals surface area contributed by atoms with Gasteiger partial charge in [0, 0.05) is 36.3 Å². The van der Waals surface area contributed by atoms with Gasteiger partial charge in [0.05, 0.1) is 5.56 Å². The molecule has 0 aliphatic rings. The molecule has 0 saturated carbocycles. The number of rotatable bonds is 6. The van der Waals surface area contributed by atoms with E-state index in [4.69, 9.17) is 4.42 Å². The number of likely N-dealkylation sites (N-methyl/N-ethyl adjacent to an activating group) is 1. The topological polar surface area (TPSA) is 45.5 Å². The van der Waals surface area contributed by atoms with Crippen LogP contribution in [0.2, 0.25) is 0 Å². The van der Waals surface area contributed by atoms with Crippen LogP contribution >= 0.6 is 0 Å². The Hall–Kier alpha value is -2.07. The fraction of sp³-hybridized carbons (Fsp3) is 0.421. The van der Waals surface area contributed by atoms with Crippen molar-refractivity contribution in [1.29, 1.82) is 0 Å². The normalized spacial score (nSPS) is 12.9. The largest absolute Gasteiger partial charge is 0.422 e. The van der Waals surface area contributed by atoms with E-state index < -0.39 is 0 Å². The average Bonchev–Trinajstić information content (AvgIpc) is 2.55. The number of aryl methyl sites for hydroxylation is 1. The van der Waals surface area contributed by atoms with Crippen LogP contribution in [-0.2, 0) is 0 Å². The molecule has 2 rings (SSSR count). The van der Waals surface area contributed by atoms with Crippen LogP contribution in [0.5, 0.6) is 0 Å². The number of hydrogen-bond acceptors (Lipinski definition) is 4. The lowest BCUT2D eigenvalue weighted by Crippen LogP contribution is -2.21. The van der Waals surface area contributed by atoms with E-state index in [-0.39, 0.29) is 11.7 Å². The molecule has 0 radical (unpaired) electrons. The predicted molar refractivity (Wildman–Crippen MR) is 98.3 cm³/mol. The SMILES string of the molecule is CCN(CC)c1ccc2c(C)c(/C=C/C(C)NC)c(=O)oc2c1. The summed E-state index contributed by atoms with van der Waals surface area (Å²) < 4.78 is 5.57. The summed E-state index contributed by atoms with van der Waals surface area (Å²) >= 11 is 0. The molecule has 124 valence electrons. The van der Waals surface area contributed by atoms with Gasteiger partial charge in [-0.3, -0.25) is 0 Å². The Balaban J connectivity index is 2.53. The van der Waals surface area contributed by atoms with Gasteiger partial charge in [0.25, 0.3) is 0 Å². The van der Waals surface area contributed by atoms with Gasteiger partial charge in [0.15, 0.2) is 0 Å². The minimum Gasteiger partial charge on any atom is -0.422 e. The van der Waals surface area contributed by atoms with Crippen molar-refractivity contribution in [2.45, 2.75) is 33.7 Å². The lowest BCUT2D eigenvalue weighted by Gasteiger charge is -2.21. The summed E-state index contributed by atoms with van der Waals surface area (Å²) in [4.78, 5) is 14.6. The van der Waals surface area contributed by atoms with E-state index in [1.54, 1.807) is 0 Å². The Labute approximate surface area is 137 Å². The van der Waals surface area contributed by atoms with Crippen molar-refractivity contribution in [2.75, 3.05) is 25.0 Å². The van der Waals surface area contributed by atoms with Crippen molar-refractivity contribution < 1.29 is 4.42 Å². The second-order valence-electron chi connectivity index (χ2n) is 5.72. The first-order valence-electron chi connectivity index (χ1n) is 8.19. The standard InChI is InChI=1S/C19H26N2O2/c1-6-21(7-2)15-9-11-16-14(4)17(10-8-13(3)20-5)19(22)23-18(16)12-15/h8-13,20H,6-7H2,1-5H3/b10-8+. The molecule has 1 heterocycles. The van der Waals surface area contributed by atoms with Crippen LogP contribution < -0.4 is 15.8 Å². The summed E-state index contributed by atoms with van der Waals surface area (Å²) in [6, 6.07) is 6.29. The van der Waals surface area contributed by atoms with Crippen LogP contribution in [0, 0.1) is 6.92 Å². The number of nitrogens with one attached hydrogen (secondary N) is 1. The van der Waals surface area contributed by atoms with Gasteiger partial charge in [-0.1, -0.05) is 6.08 Å². The number of fused-ring (bicyclic) bond motifs is 1. The third-order valence-corrected chi connectivity index (χ3v) is 4.33. The molecule has 4 heteroatoms. The van der Waals surface area contributed by atoms with Crippen LogP contribution in [0.15, 0.2) is 33.5 Å². The molecule has 1 N–H and O–H groups in total. The smallest absolute Gasteiger partial charge is 0.343 e. The van der Waals surface area contributed by atoms with Crippen molar-refractivity contribution in [2.24, 2.45) is 0 Å². The summed E-state index contributed by atoms with van der Waals surface area (Å²) in [5.41, 5.74) is 3.02. The van der Waals surface area contributed by atoms with Crippen molar-refractivity contribution in [1.82, 2.24) is 5.32 Å². The fourth-order valence-electron chi connectivity index (χ4n) is 2.67. The molecule has 1 atom stereocenters. The maximum Gasteiger partial charge on any atom is 0.343 e. The monoisotopic (exact) mass is 314 g/mol. The second-order valence-corrected chi connectivity index (χ2v) is 5.72. The molecule has 0 aliphatic heterocycles. The number of hydrogen-bond donors (Lipinski definition) is 1. The summed E-state index contributed by atoms with van der Waals surface area (Å²) in [7, 11) is 1.89. The molecule has 2 aromatic rings. The van der Waals surface area contributed by atoms with Crippen LogP contribution in [0.3, 0.4) is 0 Å². The van der Waals surface area contributed by atoms with Crippen LogP contribution in [0.1, 0.15) is 31.9 Å². The Morgan fingerprint density at radius 2 is 2.00 bits per heavy atom. The summed E-state index contributed by atoms with van der Waals surface area (Å²) in [6.07, 6.45) is 3.81. The number of benzene rings is 1. The summed E-state index contributed by atoms with van der Waals surface area (Å²) in [6.45, 7) is 10.1. The van der Waals surface area contributed by atoms with Crippen molar-refractivity contribution in [3.63, 3.8) is 0 Å². The molecule has 0 saturated heterocycles. The quantitative estimate of drug-likeness (QED) is 0.828. The van der Waals surface area contributed by atoms with E-state index in [0.29, 0.717) is 11.1 Å². The molecule has 0 aliphatic carbocycles. The average molecular weight is 314 g/mol. The van der Waals surface area contributed by atoms with Crippen molar-refractivity contribution in [3.8, 4) is 0 Å². The van der Waals surface area contributed by atoms with E-state index >= 15 is 0 Å². The first-order valence-corrected chi connectivity index (χ1v) is 8.19. The Kier molecular flexibility index (Phi) is 5.61. The third-order valence-electron chi connectivity index (χ3n) is 4.33. The lowest BCUT2D eigenvalue weighted by atomic mass is 10.0. The van der Waals surface area contributed by atoms with Crippen LogP contribution in [0.4, 0.5) is 5.69 Å². The third kappa shape index (κ3) is 3.64. The molecular weight excluding hydrogens is 288 g/mol. The fourth-order valence-corrected chi connectivity index (χ4v) is 2.67. The molecule has 4 nitrogen and oxygen atoms in total. The zero-order chi connectivity index (χ0) is 17.0. The van der Waals surface area contributed by atoms with Gasteiger partial charge in [0.1, 0.15) is 5.58 Å². The van der Waals surface area contributed by atoms with E-state index in [0.717, 1.165) is 29.7 Å². The van der Waals surface area contributed by atoms with Gasteiger partial charge in [-0.2, -0.15) is 0 Å². The van der Waals surface area contributed by atoms with Gasteiger partial charge < -0.3 is 14.6 Å². The Bertz CT molecular complexity index is 758. The van der Waals surface area contributed by atoms with E-state index in [9.17, 15) is 4.79 Å². The molecule has 0 fully saturated rings. The molecule has 0 spiro atoms. The van der Waals surface area contributed by atoms with E-state index in [1.165, 1.54) is 0 Å². The molecular formula is C19H26N2O2. The maximum absolute atomic E-state index is 12.3. The second kappa shape index (κ2) is 7.47. The molecule has 0 bridgehead atoms. The number of nitrogens with zero attached hydrogens (tertiary/aromatic N) is 1. The highest BCUT2D eigenvalue weighted by Gasteiger charge is 2.11. The predicted octanol–water partition coefficient (Wildman–Crippen LogP) is 3.57. The molecule has 23 heavy (non-hydrogen) atoms. The molecule has 1 aromatic heterocycles. The molecule has 1 unspecified atom stereocenters. The minimum absolute atomic E-state index is 0.203. The van der Waals surface area contributed by atoms with Gasteiger partial charge in [-0.25, -0.2) is 4.79 Å². The highest BCUT2D eigenvalue weighted by molar-refractivity contribution is 5.86. The van der Waals surface area contributed by atoms with Crippen molar-refractivity contribution >= 4 is 22.7 Å². The summed E-state index contributed by atoms with van der Waals surface area (Å²) in [5.74, 6) is 0. The van der Waals surface area contributed by atoms with Crippen molar-refractivity contribution in [3.05, 3.63) is 45.8 Å². The lowest BCUT2D eigenvalue weighted by molar-refractivity contribution is 0.558. The van der Waals surface area contributed by atoms with Gasteiger partial charge in [-0.15, -0.1) is 0 Å². The zero-order valence-electron chi connectivity index (χ0n) is 14.6. The Morgan fingerprint density at radius 1 is 1.30 bits per heavy atom. The van der Waals surface area contributed by atoms with Gasteiger partial charge >= 0.3 is 5.63 Å². The highest BCUT2D eigenvalue weighted by atomic mass is 16.4. The molecule has 0 amide bonds. The minimum atomic E-state index is -0.286. The van der Waals surface area contributed by atoms with Crippen LogP contribution in [-0.4, -0.2) is 26.2 Å². The van der Waals surface area contributed by atoms with E-state index in [2.05, 4.69) is 30.1 Å². The number of anilines is 1. The van der Waals surface area contributed by atoms with E-state index in [1.807, 2.05) is 45.2 Å². The zero-order valence-corrected chi connectivity index (χ0v) is 14.6. The summed E-state index contributed by atoms with van der Waals surface area (Å²) in [5, 5.41) is 4.10. The molecule has 1 aromatic carbocycles. The highest BCUT2D eigenvalue weighted by Crippen LogP contribution is 2.25. The maximum atomic E-state index is 12.3. The van der Waals surface area contributed by atoms with Crippen LogP contribution in [0.25, 0.3) is 17.0 Å². The van der Waals surface area contributed by atoms with Gasteiger partial charge in [0.2, 0.25) is 0 Å². The van der Waals surface area contributed by atoms with Gasteiger partial charge in [-0.05, 0) is 58.5 Å². The first-order chi connectivity index (χ1) is 11.0. The first kappa shape index (κ1) is 17.3.